The number of fused-ring (bicyclic) bond motifs is 12. The highest BCUT2D eigenvalue weighted by Gasteiger charge is 2.26. The maximum absolute atomic E-state index is 7.21. The van der Waals surface area contributed by atoms with Crippen LogP contribution in [0.15, 0.2) is 318 Å². The van der Waals surface area contributed by atoms with Crippen molar-refractivity contribution in [2.24, 2.45) is 0 Å². The molecule has 0 atom stereocenters. The van der Waals surface area contributed by atoms with Gasteiger partial charge in [0.15, 0.2) is 0 Å². The van der Waals surface area contributed by atoms with E-state index in [2.05, 4.69) is 314 Å². The highest BCUT2D eigenvalue weighted by molar-refractivity contribution is 6.30. The lowest BCUT2D eigenvalue weighted by molar-refractivity contribution is 0.635. The number of hydrogen-bond acceptors (Lipinski definition) is 3. The molecule has 0 amide bonds. The van der Waals surface area contributed by atoms with Gasteiger partial charge in [-0.3, -0.25) is 0 Å². The summed E-state index contributed by atoms with van der Waals surface area (Å²) in [5.41, 5.74) is 18.2. The quantitative estimate of drug-likeness (QED) is 0.128. The average molecular weight is 1060 g/mol. The lowest BCUT2D eigenvalue weighted by atomic mass is 9.91. The van der Waals surface area contributed by atoms with E-state index in [1.807, 2.05) is 0 Å². The maximum atomic E-state index is 7.21. The molecule has 2 aromatic heterocycles. The highest BCUT2D eigenvalue weighted by atomic mass is 16.3. The molecule has 0 aliphatic carbocycles. The summed E-state index contributed by atoms with van der Waals surface area (Å²) in [6.07, 6.45) is 0. The summed E-state index contributed by atoms with van der Waals surface area (Å²) in [6.45, 7) is 0. The fraction of sp³-hybridized carbons (Fsp3) is 0. The number of nitrogens with zero attached hydrogens (tertiary/aromatic N) is 1. The molecule has 0 aliphatic heterocycles. The van der Waals surface area contributed by atoms with E-state index < -0.39 is 0 Å². The van der Waals surface area contributed by atoms with Crippen molar-refractivity contribution < 1.29 is 8.83 Å². The van der Waals surface area contributed by atoms with Crippen LogP contribution >= 0.6 is 0 Å². The Bertz CT molecular complexity index is 4820. The van der Waals surface area contributed by atoms with Crippen LogP contribution in [-0.2, 0) is 0 Å². The van der Waals surface area contributed by atoms with Crippen molar-refractivity contribution in [1.29, 1.82) is 0 Å². The van der Waals surface area contributed by atoms with Gasteiger partial charge in [-0.25, -0.2) is 0 Å². The predicted molar refractivity (Wildman–Crippen MR) is 349 cm³/mol. The molecule has 0 unspecified atom stereocenters. The second-order valence-corrected chi connectivity index (χ2v) is 21.4. The third-order valence-corrected chi connectivity index (χ3v) is 16.6. The molecule has 3 heteroatoms. The van der Waals surface area contributed by atoms with Gasteiger partial charge >= 0.3 is 0 Å². The van der Waals surface area contributed by atoms with E-state index in [1.54, 1.807) is 0 Å². The summed E-state index contributed by atoms with van der Waals surface area (Å²) in [5.74, 6) is 1.74. The summed E-state index contributed by atoms with van der Waals surface area (Å²) in [4.78, 5) is 2.39. The van der Waals surface area contributed by atoms with Crippen LogP contribution in [0.1, 0.15) is 0 Å². The number of hydrogen-bond donors (Lipinski definition) is 0. The first-order valence-electron chi connectivity index (χ1n) is 28.4. The number of anilines is 3. The van der Waals surface area contributed by atoms with Gasteiger partial charge in [-0.15, -0.1) is 0 Å². The molecule has 14 aromatic carbocycles. The van der Waals surface area contributed by atoms with Crippen LogP contribution in [0.3, 0.4) is 0 Å². The summed E-state index contributed by atoms with van der Waals surface area (Å²) < 4.78 is 14.4. The standard InChI is InChI=1S/C80H51NO2/c1-6-22-52(23-7-1)53-40-44-62(45-41-53)81(63-34-20-32-58(48-63)60-42-46-67-65-36-16-18-38-69(65)75-73(54-24-8-2-9-25-54)77(56-28-12-4-13-29-56)82-79(75)71(67)50-60)64-35-21-33-59(49-64)61-43-47-68-66-37-17-19-39-70(66)76-74(55-26-10-3-11-27-55)78(57-30-14-5-15-31-57)83-80(76)72(68)51-61/h1-51H. The summed E-state index contributed by atoms with van der Waals surface area (Å²) in [7, 11) is 0. The number of benzene rings is 14. The van der Waals surface area contributed by atoms with Crippen molar-refractivity contribution in [3.63, 3.8) is 0 Å². The van der Waals surface area contributed by atoms with Crippen LogP contribution < -0.4 is 4.90 Å². The van der Waals surface area contributed by atoms with Crippen LogP contribution in [0.25, 0.3) is 143 Å². The van der Waals surface area contributed by atoms with Gasteiger partial charge in [0.1, 0.15) is 22.7 Å². The Labute approximate surface area is 480 Å². The molecule has 0 saturated carbocycles. The van der Waals surface area contributed by atoms with Gasteiger partial charge in [0.05, 0.1) is 0 Å². The second kappa shape index (κ2) is 20.0. The van der Waals surface area contributed by atoms with Crippen molar-refractivity contribution in [2.45, 2.75) is 0 Å². The largest absolute Gasteiger partial charge is 0.455 e. The van der Waals surface area contributed by atoms with Gasteiger partial charge in [0, 0.05) is 60.9 Å². The van der Waals surface area contributed by atoms with Crippen molar-refractivity contribution >= 4 is 82.1 Å². The normalized spacial score (nSPS) is 11.6. The minimum absolute atomic E-state index is 0.869. The third kappa shape index (κ3) is 8.20. The first-order chi connectivity index (χ1) is 41.2. The first-order valence-corrected chi connectivity index (χ1v) is 28.4. The fourth-order valence-electron chi connectivity index (χ4n) is 12.8. The Balaban J connectivity index is 0.863. The van der Waals surface area contributed by atoms with Gasteiger partial charge in [0.25, 0.3) is 0 Å². The van der Waals surface area contributed by atoms with Crippen molar-refractivity contribution in [3.8, 4) is 78.3 Å². The molecule has 0 aliphatic rings. The zero-order valence-corrected chi connectivity index (χ0v) is 45.2. The van der Waals surface area contributed by atoms with E-state index in [4.69, 9.17) is 8.83 Å². The van der Waals surface area contributed by atoms with Gasteiger partial charge < -0.3 is 13.7 Å². The molecule has 0 saturated heterocycles. The molecule has 16 rings (SSSR count). The molecule has 3 nitrogen and oxygen atoms in total. The van der Waals surface area contributed by atoms with Gasteiger partial charge in [-0.1, -0.05) is 261 Å². The monoisotopic (exact) mass is 1060 g/mol. The average Bonchev–Trinajstić information content (AvgIpc) is 2.96. The topological polar surface area (TPSA) is 29.5 Å². The molecule has 83 heavy (non-hydrogen) atoms. The molecule has 16 aromatic rings. The van der Waals surface area contributed by atoms with Crippen molar-refractivity contribution in [3.05, 3.63) is 309 Å². The van der Waals surface area contributed by atoms with Crippen LogP contribution in [0.4, 0.5) is 17.1 Å². The minimum atomic E-state index is 0.869. The Morgan fingerprint density at radius 2 is 0.506 bits per heavy atom. The molecule has 0 spiro atoms. The molecule has 0 bridgehead atoms. The van der Waals surface area contributed by atoms with E-state index >= 15 is 0 Å². The maximum Gasteiger partial charge on any atom is 0.143 e. The highest BCUT2D eigenvalue weighted by Crippen LogP contribution is 2.50. The zero-order valence-electron chi connectivity index (χ0n) is 45.2. The predicted octanol–water partition coefficient (Wildman–Crippen LogP) is 22.9. The molecule has 388 valence electrons. The Hall–Kier alpha value is -11.0. The Morgan fingerprint density at radius 1 is 0.193 bits per heavy atom. The van der Waals surface area contributed by atoms with E-state index in [0.29, 0.717) is 0 Å². The number of rotatable bonds is 10. The lowest BCUT2D eigenvalue weighted by Crippen LogP contribution is -2.10. The lowest BCUT2D eigenvalue weighted by Gasteiger charge is -2.27. The fourth-order valence-corrected chi connectivity index (χ4v) is 12.8. The molecule has 0 fully saturated rings. The van der Waals surface area contributed by atoms with Crippen LogP contribution in [0, 0.1) is 0 Å². The van der Waals surface area contributed by atoms with E-state index in [0.717, 1.165) is 133 Å². The summed E-state index contributed by atoms with van der Waals surface area (Å²) >= 11 is 0. The Morgan fingerprint density at radius 3 is 0.928 bits per heavy atom. The van der Waals surface area contributed by atoms with Gasteiger partial charge in [-0.05, 0) is 125 Å². The van der Waals surface area contributed by atoms with E-state index in [-0.39, 0.29) is 0 Å². The minimum Gasteiger partial charge on any atom is -0.455 e. The van der Waals surface area contributed by atoms with Crippen LogP contribution in [0.2, 0.25) is 0 Å². The molecule has 2 heterocycles. The molecular formula is C80H51NO2. The van der Waals surface area contributed by atoms with E-state index in [1.165, 1.54) is 27.1 Å². The van der Waals surface area contributed by atoms with Crippen molar-refractivity contribution in [1.82, 2.24) is 0 Å². The van der Waals surface area contributed by atoms with Gasteiger partial charge in [-0.2, -0.15) is 0 Å². The smallest absolute Gasteiger partial charge is 0.143 e. The van der Waals surface area contributed by atoms with Crippen molar-refractivity contribution in [2.75, 3.05) is 4.90 Å². The summed E-state index contributed by atoms with van der Waals surface area (Å²) in [5, 5.41) is 11.4. The molecule has 0 N–H and O–H groups in total. The molecule has 0 radical (unpaired) electrons. The SMILES string of the molecule is c1ccc(-c2ccc(N(c3cccc(-c4ccc5c6ccccc6c6c(-c7ccccc7)c(-c7ccccc7)oc6c5c4)c3)c3cccc(-c4ccc5c6ccccc6c6c(-c7ccccc7)c(-c7ccccc7)oc6c5c4)c3)cc2)cc1. The zero-order chi connectivity index (χ0) is 54.8. The second-order valence-electron chi connectivity index (χ2n) is 21.4. The number of furan rings is 2. The van der Waals surface area contributed by atoms with E-state index in [9.17, 15) is 0 Å². The van der Waals surface area contributed by atoms with Crippen LogP contribution in [0.5, 0.6) is 0 Å². The Kier molecular flexibility index (Phi) is 11.5. The van der Waals surface area contributed by atoms with Crippen LogP contribution in [-0.4, -0.2) is 0 Å². The first kappa shape index (κ1) is 48.0. The third-order valence-electron chi connectivity index (χ3n) is 16.6. The summed E-state index contributed by atoms with van der Waals surface area (Å²) in [6, 6.07) is 111. The van der Waals surface area contributed by atoms with Gasteiger partial charge in [0.2, 0.25) is 0 Å². The molecular weight excluding hydrogens is 1010 g/mol.